The second-order valence-corrected chi connectivity index (χ2v) is 4.27. The van der Waals surface area contributed by atoms with Crippen LogP contribution in [0.3, 0.4) is 0 Å². The molecule has 0 bridgehead atoms. The minimum Gasteiger partial charge on any atom is -0.314 e. The van der Waals surface area contributed by atoms with Gasteiger partial charge in [0.1, 0.15) is 5.52 Å². The van der Waals surface area contributed by atoms with Crippen molar-refractivity contribution in [3.05, 3.63) is 30.2 Å². The zero-order chi connectivity index (χ0) is 12.3. The number of rotatable bonds is 4. The summed E-state index contributed by atoms with van der Waals surface area (Å²) >= 11 is 0. The van der Waals surface area contributed by atoms with Gasteiger partial charge in [-0.2, -0.15) is 0 Å². The van der Waals surface area contributed by atoms with Crippen molar-refractivity contribution in [2.45, 2.75) is 32.7 Å². The maximum absolute atomic E-state index is 4.56. The van der Waals surface area contributed by atoms with Gasteiger partial charge in [-0.15, -0.1) is 0 Å². The Balaban J connectivity index is 2.29. The van der Waals surface area contributed by atoms with Crippen LogP contribution in [0.25, 0.3) is 11.2 Å². The fourth-order valence-corrected chi connectivity index (χ4v) is 1.88. The first-order valence-electron chi connectivity index (χ1n) is 6.03. The summed E-state index contributed by atoms with van der Waals surface area (Å²) in [5, 5.41) is 3.42. The Hall–Kier alpha value is -1.55. The Kier molecular flexibility index (Phi) is 3.64. The van der Waals surface area contributed by atoms with Crippen molar-refractivity contribution in [3.8, 4) is 0 Å². The predicted octanol–water partition coefficient (Wildman–Crippen LogP) is 2.13. The summed E-state index contributed by atoms with van der Waals surface area (Å²) in [5.41, 5.74) is 2.63. The molecular formula is C13H18N4. The van der Waals surface area contributed by atoms with Gasteiger partial charge in [-0.3, -0.25) is 4.98 Å². The lowest BCUT2D eigenvalue weighted by Gasteiger charge is -2.20. The number of pyridine rings is 1. The molecule has 0 aliphatic rings. The van der Waals surface area contributed by atoms with Gasteiger partial charge in [-0.1, -0.05) is 13.8 Å². The molecule has 4 nitrogen and oxygen atoms in total. The quantitative estimate of drug-likeness (QED) is 0.874. The number of aromatic nitrogens is 3. The molecule has 90 valence electrons. The van der Waals surface area contributed by atoms with Gasteiger partial charge in [0, 0.05) is 30.0 Å². The Morgan fingerprint density at radius 2 is 1.94 bits per heavy atom. The molecule has 2 rings (SSSR count). The molecule has 2 unspecified atom stereocenters. The van der Waals surface area contributed by atoms with Crippen LogP contribution in [0, 0.1) is 0 Å². The van der Waals surface area contributed by atoms with Gasteiger partial charge < -0.3 is 5.32 Å². The first-order valence-corrected chi connectivity index (χ1v) is 6.03. The maximum atomic E-state index is 4.56. The third-order valence-corrected chi connectivity index (χ3v) is 3.10. The summed E-state index contributed by atoms with van der Waals surface area (Å²) < 4.78 is 0. The summed E-state index contributed by atoms with van der Waals surface area (Å²) in [6.07, 6.45) is 3.37. The van der Waals surface area contributed by atoms with Crippen LogP contribution in [0.1, 0.15) is 32.4 Å². The molecule has 0 aliphatic carbocycles. The number of hydrogen-bond donors (Lipinski definition) is 1. The topological polar surface area (TPSA) is 50.7 Å². The summed E-state index contributed by atoms with van der Waals surface area (Å²) in [7, 11) is 0. The standard InChI is InChI=1S/C13H18N4/c1-4-14-10(3)9(2)11-5-6-12-13(17-11)16-8-7-15-12/h5-10,14H,4H2,1-3H3. The molecule has 0 saturated carbocycles. The molecule has 2 heterocycles. The molecule has 0 amide bonds. The van der Waals surface area contributed by atoms with E-state index in [1.165, 1.54) is 0 Å². The lowest BCUT2D eigenvalue weighted by Crippen LogP contribution is -2.31. The van der Waals surface area contributed by atoms with Gasteiger partial charge in [0.05, 0.1) is 0 Å². The fraction of sp³-hybridized carbons (Fsp3) is 0.462. The third-order valence-electron chi connectivity index (χ3n) is 3.10. The second-order valence-electron chi connectivity index (χ2n) is 4.27. The van der Waals surface area contributed by atoms with E-state index in [0.29, 0.717) is 12.0 Å². The lowest BCUT2D eigenvalue weighted by atomic mass is 9.99. The first-order chi connectivity index (χ1) is 8.22. The average molecular weight is 230 g/mol. The summed E-state index contributed by atoms with van der Waals surface area (Å²) in [5.74, 6) is 0.362. The average Bonchev–Trinajstić information content (AvgIpc) is 2.37. The molecule has 2 atom stereocenters. The molecule has 0 saturated heterocycles. The van der Waals surface area contributed by atoms with Crippen LogP contribution < -0.4 is 5.32 Å². The molecular weight excluding hydrogens is 212 g/mol. The fourth-order valence-electron chi connectivity index (χ4n) is 1.88. The molecule has 0 aliphatic heterocycles. The SMILES string of the molecule is CCNC(C)C(C)c1ccc2nccnc2n1. The predicted molar refractivity (Wildman–Crippen MR) is 68.9 cm³/mol. The van der Waals surface area contributed by atoms with Crippen LogP contribution in [0.4, 0.5) is 0 Å². The van der Waals surface area contributed by atoms with Gasteiger partial charge in [-0.25, -0.2) is 9.97 Å². The summed E-state index contributed by atoms with van der Waals surface area (Å²) in [4.78, 5) is 13.0. The van der Waals surface area contributed by atoms with Crippen LogP contribution >= 0.6 is 0 Å². The number of fused-ring (bicyclic) bond motifs is 1. The lowest BCUT2D eigenvalue weighted by molar-refractivity contribution is 0.488. The zero-order valence-electron chi connectivity index (χ0n) is 10.5. The van der Waals surface area contributed by atoms with Crippen molar-refractivity contribution in [1.82, 2.24) is 20.3 Å². The van der Waals surface area contributed by atoms with E-state index in [1.54, 1.807) is 12.4 Å². The van der Waals surface area contributed by atoms with Gasteiger partial charge in [0.15, 0.2) is 5.65 Å². The highest BCUT2D eigenvalue weighted by molar-refractivity contribution is 5.68. The van der Waals surface area contributed by atoms with E-state index >= 15 is 0 Å². The second kappa shape index (κ2) is 5.19. The van der Waals surface area contributed by atoms with Crippen LogP contribution in [-0.2, 0) is 0 Å². The van der Waals surface area contributed by atoms with Crippen LogP contribution in [0.15, 0.2) is 24.5 Å². The van der Waals surface area contributed by atoms with E-state index in [-0.39, 0.29) is 0 Å². The molecule has 0 spiro atoms. The van der Waals surface area contributed by atoms with E-state index in [0.717, 1.165) is 23.4 Å². The Morgan fingerprint density at radius 1 is 1.18 bits per heavy atom. The van der Waals surface area contributed by atoms with E-state index in [4.69, 9.17) is 0 Å². The molecule has 0 fully saturated rings. The number of nitrogens with zero attached hydrogens (tertiary/aromatic N) is 3. The largest absolute Gasteiger partial charge is 0.314 e. The van der Waals surface area contributed by atoms with E-state index in [1.807, 2.05) is 12.1 Å². The van der Waals surface area contributed by atoms with Crippen LogP contribution in [-0.4, -0.2) is 27.5 Å². The highest BCUT2D eigenvalue weighted by atomic mass is 14.9. The van der Waals surface area contributed by atoms with Gasteiger partial charge in [0.25, 0.3) is 0 Å². The van der Waals surface area contributed by atoms with Crippen molar-refractivity contribution in [2.75, 3.05) is 6.54 Å². The molecule has 0 aromatic carbocycles. The van der Waals surface area contributed by atoms with Crippen molar-refractivity contribution < 1.29 is 0 Å². The Labute approximate surface area is 102 Å². The van der Waals surface area contributed by atoms with E-state index < -0.39 is 0 Å². The number of hydrogen-bond acceptors (Lipinski definition) is 4. The highest BCUT2D eigenvalue weighted by Gasteiger charge is 2.15. The van der Waals surface area contributed by atoms with Gasteiger partial charge in [-0.05, 0) is 25.6 Å². The van der Waals surface area contributed by atoms with Crippen molar-refractivity contribution in [1.29, 1.82) is 0 Å². The molecule has 17 heavy (non-hydrogen) atoms. The molecule has 1 N–H and O–H groups in total. The molecule has 2 aromatic heterocycles. The Bertz CT molecular complexity index is 497. The van der Waals surface area contributed by atoms with E-state index in [9.17, 15) is 0 Å². The molecule has 0 radical (unpaired) electrons. The van der Waals surface area contributed by atoms with Crippen molar-refractivity contribution in [3.63, 3.8) is 0 Å². The third kappa shape index (κ3) is 2.58. The summed E-state index contributed by atoms with van der Waals surface area (Å²) in [6, 6.07) is 4.43. The minimum absolute atomic E-state index is 0.362. The summed E-state index contributed by atoms with van der Waals surface area (Å²) in [6.45, 7) is 7.44. The first kappa shape index (κ1) is 11.9. The molecule has 2 aromatic rings. The van der Waals surface area contributed by atoms with Crippen LogP contribution in [0.5, 0.6) is 0 Å². The highest BCUT2D eigenvalue weighted by Crippen LogP contribution is 2.18. The smallest absolute Gasteiger partial charge is 0.178 e. The van der Waals surface area contributed by atoms with Crippen LogP contribution in [0.2, 0.25) is 0 Å². The monoisotopic (exact) mass is 230 g/mol. The van der Waals surface area contributed by atoms with Crippen molar-refractivity contribution in [2.24, 2.45) is 0 Å². The normalized spacial score (nSPS) is 14.8. The number of likely N-dealkylation sites (N-methyl/N-ethyl adjacent to an activating group) is 1. The van der Waals surface area contributed by atoms with Gasteiger partial charge in [0.2, 0.25) is 0 Å². The van der Waals surface area contributed by atoms with E-state index in [2.05, 4.69) is 41.0 Å². The van der Waals surface area contributed by atoms with Crippen molar-refractivity contribution >= 4 is 11.2 Å². The Morgan fingerprint density at radius 3 is 2.71 bits per heavy atom. The number of nitrogens with one attached hydrogen (secondary N) is 1. The molecule has 4 heteroatoms. The van der Waals surface area contributed by atoms with Gasteiger partial charge >= 0.3 is 0 Å². The zero-order valence-corrected chi connectivity index (χ0v) is 10.5. The maximum Gasteiger partial charge on any atom is 0.178 e. The minimum atomic E-state index is 0.362.